The van der Waals surface area contributed by atoms with Crippen molar-refractivity contribution in [3.63, 3.8) is 0 Å². The van der Waals surface area contributed by atoms with Crippen LogP contribution in [0.2, 0.25) is 0 Å². The van der Waals surface area contributed by atoms with Crippen molar-refractivity contribution in [1.82, 2.24) is 10.3 Å². The fraction of sp³-hybridized carbons (Fsp3) is 0.583. The lowest BCUT2D eigenvalue weighted by Crippen LogP contribution is -2.18. The normalized spacial score (nSPS) is 12.7. The zero-order chi connectivity index (χ0) is 11.1. The van der Waals surface area contributed by atoms with Crippen LogP contribution in [-0.4, -0.2) is 25.7 Å². The molecule has 0 radical (unpaired) electrons. The number of nitrogens with one attached hydrogen (secondary N) is 1. The van der Waals surface area contributed by atoms with Gasteiger partial charge in [0.1, 0.15) is 0 Å². The maximum Gasteiger partial charge on any atom is 0.0462 e. The molecule has 0 saturated heterocycles. The van der Waals surface area contributed by atoms with Crippen LogP contribution < -0.4 is 5.32 Å². The summed E-state index contributed by atoms with van der Waals surface area (Å²) in [5, 5.41) is 3.33. The Morgan fingerprint density at radius 1 is 1.53 bits per heavy atom. The van der Waals surface area contributed by atoms with E-state index in [1.54, 1.807) is 7.11 Å². The van der Waals surface area contributed by atoms with Crippen molar-refractivity contribution >= 4 is 0 Å². The van der Waals surface area contributed by atoms with Crippen LogP contribution in [0.3, 0.4) is 0 Å². The number of methoxy groups -OCH3 is 1. The van der Waals surface area contributed by atoms with Crippen molar-refractivity contribution in [1.29, 1.82) is 0 Å². The number of pyridine rings is 1. The van der Waals surface area contributed by atoms with Crippen LogP contribution in [0.4, 0.5) is 0 Å². The third-order valence-corrected chi connectivity index (χ3v) is 2.63. The molecule has 0 aromatic carbocycles. The molecule has 3 nitrogen and oxygen atoms in total. The zero-order valence-electron chi connectivity index (χ0n) is 9.79. The van der Waals surface area contributed by atoms with E-state index in [9.17, 15) is 0 Å². The Morgan fingerprint density at radius 2 is 2.33 bits per heavy atom. The lowest BCUT2D eigenvalue weighted by atomic mass is 10.00. The average molecular weight is 208 g/mol. The van der Waals surface area contributed by atoms with Crippen LogP contribution in [0.15, 0.2) is 18.5 Å². The van der Waals surface area contributed by atoms with E-state index in [0.29, 0.717) is 6.04 Å². The molecule has 1 aromatic rings. The first-order chi connectivity index (χ1) is 7.29. The van der Waals surface area contributed by atoms with Gasteiger partial charge < -0.3 is 10.1 Å². The van der Waals surface area contributed by atoms with Crippen LogP contribution in [0.5, 0.6) is 0 Å². The number of nitrogens with zero attached hydrogens (tertiary/aromatic N) is 1. The Kier molecular flexibility index (Phi) is 5.29. The van der Waals surface area contributed by atoms with Crippen molar-refractivity contribution < 1.29 is 4.74 Å². The van der Waals surface area contributed by atoms with Gasteiger partial charge in [-0.15, -0.1) is 0 Å². The van der Waals surface area contributed by atoms with Gasteiger partial charge in [-0.3, -0.25) is 4.98 Å². The first-order valence-corrected chi connectivity index (χ1v) is 5.36. The maximum absolute atomic E-state index is 5.06. The highest BCUT2D eigenvalue weighted by Gasteiger charge is 2.10. The molecule has 0 spiro atoms. The van der Waals surface area contributed by atoms with E-state index in [1.807, 2.05) is 19.4 Å². The van der Waals surface area contributed by atoms with E-state index < -0.39 is 0 Å². The van der Waals surface area contributed by atoms with Gasteiger partial charge >= 0.3 is 0 Å². The first-order valence-electron chi connectivity index (χ1n) is 5.36. The number of aromatic nitrogens is 1. The predicted octanol–water partition coefficient (Wildman–Crippen LogP) is 2.08. The largest absolute Gasteiger partial charge is 0.385 e. The van der Waals surface area contributed by atoms with Gasteiger partial charge in [0.05, 0.1) is 0 Å². The lowest BCUT2D eigenvalue weighted by Gasteiger charge is -2.18. The molecule has 1 rings (SSSR count). The lowest BCUT2D eigenvalue weighted by molar-refractivity contribution is 0.189. The molecule has 0 saturated carbocycles. The quantitative estimate of drug-likeness (QED) is 0.727. The summed E-state index contributed by atoms with van der Waals surface area (Å²) in [6.45, 7) is 2.92. The Labute approximate surface area is 91.9 Å². The predicted molar refractivity (Wildman–Crippen MR) is 61.9 cm³/mol. The molecular formula is C12H20N2O. The second-order valence-electron chi connectivity index (χ2n) is 3.71. The van der Waals surface area contributed by atoms with Crippen molar-refractivity contribution in [2.24, 2.45) is 0 Å². The SMILES string of the molecule is CNC(CCCOC)c1ccncc1C. The topological polar surface area (TPSA) is 34.1 Å². The molecule has 0 aliphatic heterocycles. The molecule has 1 atom stereocenters. The second-order valence-corrected chi connectivity index (χ2v) is 3.71. The van der Waals surface area contributed by atoms with Gasteiger partial charge in [0.25, 0.3) is 0 Å². The van der Waals surface area contributed by atoms with E-state index >= 15 is 0 Å². The van der Waals surface area contributed by atoms with E-state index in [-0.39, 0.29) is 0 Å². The van der Waals surface area contributed by atoms with Gasteiger partial charge in [-0.05, 0) is 44.0 Å². The molecule has 1 aromatic heterocycles. The van der Waals surface area contributed by atoms with Crippen molar-refractivity contribution in [3.05, 3.63) is 29.6 Å². The van der Waals surface area contributed by atoms with Gasteiger partial charge in [0, 0.05) is 32.2 Å². The summed E-state index contributed by atoms with van der Waals surface area (Å²) in [7, 11) is 3.74. The summed E-state index contributed by atoms with van der Waals surface area (Å²) in [6.07, 6.45) is 5.93. The van der Waals surface area contributed by atoms with Gasteiger partial charge in [-0.1, -0.05) is 0 Å². The molecule has 0 aliphatic carbocycles. The molecular weight excluding hydrogens is 188 g/mol. The summed E-state index contributed by atoms with van der Waals surface area (Å²) in [6, 6.07) is 2.49. The molecule has 1 heterocycles. The second kappa shape index (κ2) is 6.53. The molecule has 0 bridgehead atoms. The van der Waals surface area contributed by atoms with Gasteiger partial charge in [-0.25, -0.2) is 0 Å². The molecule has 1 N–H and O–H groups in total. The van der Waals surface area contributed by atoms with Crippen LogP contribution in [-0.2, 0) is 4.74 Å². The van der Waals surface area contributed by atoms with E-state index in [0.717, 1.165) is 19.4 Å². The fourth-order valence-corrected chi connectivity index (χ4v) is 1.76. The number of aryl methyl sites for hydroxylation is 1. The van der Waals surface area contributed by atoms with Gasteiger partial charge in [0.15, 0.2) is 0 Å². The van der Waals surface area contributed by atoms with Crippen molar-refractivity contribution in [2.75, 3.05) is 20.8 Å². The summed E-state index contributed by atoms with van der Waals surface area (Å²) < 4.78 is 5.06. The van der Waals surface area contributed by atoms with Gasteiger partial charge in [0.2, 0.25) is 0 Å². The third-order valence-electron chi connectivity index (χ3n) is 2.63. The fourth-order valence-electron chi connectivity index (χ4n) is 1.76. The minimum absolute atomic E-state index is 0.406. The van der Waals surface area contributed by atoms with Crippen molar-refractivity contribution in [3.8, 4) is 0 Å². The third kappa shape index (κ3) is 3.61. The standard InChI is InChI=1S/C12H20N2O/c1-10-9-14-7-6-11(10)12(13-2)5-4-8-15-3/h6-7,9,12-13H,4-5,8H2,1-3H3. The molecule has 0 amide bonds. The van der Waals surface area contributed by atoms with Crippen LogP contribution in [0.1, 0.15) is 30.0 Å². The summed E-state index contributed by atoms with van der Waals surface area (Å²) in [4.78, 5) is 4.11. The van der Waals surface area contributed by atoms with Gasteiger partial charge in [-0.2, -0.15) is 0 Å². The molecule has 15 heavy (non-hydrogen) atoms. The monoisotopic (exact) mass is 208 g/mol. The van der Waals surface area contributed by atoms with Crippen LogP contribution >= 0.6 is 0 Å². The van der Waals surface area contributed by atoms with Crippen LogP contribution in [0, 0.1) is 6.92 Å². The molecule has 3 heteroatoms. The minimum Gasteiger partial charge on any atom is -0.385 e. The Morgan fingerprint density at radius 3 is 2.93 bits per heavy atom. The Hall–Kier alpha value is -0.930. The summed E-state index contributed by atoms with van der Waals surface area (Å²) in [5.41, 5.74) is 2.58. The maximum atomic E-state index is 5.06. The molecule has 1 unspecified atom stereocenters. The highest BCUT2D eigenvalue weighted by Crippen LogP contribution is 2.20. The average Bonchev–Trinajstić information content (AvgIpc) is 2.26. The summed E-state index contributed by atoms with van der Waals surface area (Å²) >= 11 is 0. The number of hydrogen-bond donors (Lipinski definition) is 1. The summed E-state index contributed by atoms with van der Waals surface area (Å²) in [5.74, 6) is 0. The Balaban J connectivity index is 2.61. The van der Waals surface area contributed by atoms with E-state index in [2.05, 4.69) is 23.3 Å². The van der Waals surface area contributed by atoms with Crippen LogP contribution in [0.25, 0.3) is 0 Å². The zero-order valence-corrected chi connectivity index (χ0v) is 9.79. The number of hydrogen-bond acceptors (Lipinski definition) is 3. The highest BCUT2D eigenvalue weighted by molar-refractivity contribution is 5.25. The number of ether oxygens (including phenoxy) is 1. The molecule has 0 fully saturated rings. The van der Waals surface area contributed by atoms with E-state index in [4.69, 9.17) is 4.74 Å². The highest BCUT2D eigenvalue weighted by atomic mass is 16.5. The van der Waals surface area contributed by atoms with E-state index in [1.165, 1.54) is 11.1 Å². The Bertz CT molecular complexity index is 289. The smallest absolute Gasteiger partial charge is 0.0462 e. The molecule has 0 aliphatic rings. The first kappa shape index (κ1) is 12.1. The minimum atomic E-state index is 0.406. The van der Waals surface area contributed by atoms with Crippen molar-refractivity contribution in [2.45, 2.75) is 25.8 Å². The number of rotatable bonds is 6. The molecule has 84 valence electrons.